The highest BCUT2D eigenvalue weighted by Crippen LogP contribution is 2.22. The van der Waals surface area contributed by atoms with Crippen LogP contribution in [0.1, 0.15) is 15.9 Å². The minimum Gasteiger partial charge on any atom is -0.495 e. The summed E-state index contributed by atoms with van der Waals surface area (Å²) >= 11 is 0. The van der Waals surface area contributed by atoms with Crippen molar-refractivity contribution in [2.75, 3.05) is 19.0 Å². The number of ether oxygens (including phenoxy) is 1. The largest absolute Gasteiger partial charge is 0.495 e. The fourth-order valence-electron chi connectivity index (χ4n) is 2.03. The predicted octanol–water partition coefficient (Wildman–Crippen LogP) is 2.37. The predicted molar refractivity (Wildman–Crippen MR) is 85.1 cm³/mol. The lowest BCUT2D eigenvalue weighted by Gasteiger charge is -2.11. The number of hydrogen-bond donors (Lipinski definition) is 2. The fourth-order valence-corrected chi connectivity index (χ4v) is 2.03. The highest BCUT2D eigenvalue weighted by molar-refractivity contribution is 6.00. The first-order valence-electron chi connectivity index (χ1n) is 6.88. The first kappa shape index (κ1) is 15.6. The van der Waals surface area contributed by atoms with Crippen molar-refractivity contribution in [2.24, 2.45) is 0 Å². The molecule has 0 aromatic heterocycles. The third-order valence-electron chi connectivity index (χ3n) is 3.18. The van der Waals surface area contributed by atoms with Crippen LogP contribution in [-0.4, -0.2) is 25.5 Å². The normalized spacial score (nSPS) is 9.91. The maximum atomic E-state index is 12.0. The standard InChI is InChI=1S/C17H18N2O3/c1-12-7-3-4-8-13(12)17(21)18-11-16(20)19-14-9-5-6-10-15(14)22-2/h3-10H,11H2,1-2H3,(H,18,21)(H,19,20). The number of rotatable bonds is 5. The Balaban J connectivity index is 1.93. The molecule has 2 rings (SSSR count). The zero-order valence-corrected chi connectivity index (χ0v) is 12.6. The van der Waals surface area contributed by atoms with Gasteiger partial charge in [0.2, 0.25) is 5.91 Å². The molecule has 0 unspecified atom stereocenters. The molecule has 2 amide bonds. The number of para-hydroxylation sites is 2. The molecule has 2 aromatic carbocycles. The number of anilines is 1. The van der Waals surface area contributed by atoms with Gasteiger partial charge in [0.1, 0.15) is 5.75 Å². The van der Waals surface area contributed by atoms with Gasteiger partial charge in [-0.1, -0.05) is 30.3 Å². The molecule has 0 atom stereocenters. The van der Waals surface area contributed by atoms with Crippen molar-refractivity contribution in [3.05, 3.63) is 59.7 Å². The zero-order valence-electron chi connectivity index (χ0n) is 12.6. The fraction of sp³-hybridized carbons (Fsp3) is 0.176. The van der Waals surface area contributed by atoms with E-state index in [1.165, 1.54) is 7.11 Å². The molecule has 0 aliphatic carbocycles. The third-order valence-corrected chi connectivity index (χ3v) is 3.18. The summed E-state index contributed by atoms with van der Waals surface area (Å²) in [4.78, 5) is 23.9. The Hall–Kier alpha value is -2.82. The SMILES string of the molecule is COc1ccccc1NC(=O)CNC(=O)c1ccccc1C. The maximum absolute atomic E-state index is 12.0. The molecule has 0 bridgehead atoms. The number of nitrogens with one attached hydrogen (secondary N) is 2. The van der Waals surface area contributed by atoms with Gasteiger partial charge in [-0.05, 0) is 30.7 Å². The average Bonchev–Trinajstić information content (AvgIpc) is 2.53. The first-order chi connectivity index (χ1) is 10.6. The van der Waals surface area contributed by atoms with Crippen molar-refractivity contribution in [1.82, 2.24) is 5.32 Å². The molecule has 0 spiro atoms. The van der Waals surface area contributed by atoms with E-state index in [1.807, 2.05) is 25.1 Å². The Morgan fingerprint density at radius 2 is 1.73 bits per heavy atom. The van der Waals surface area contributed by atoms with Crippen LogP contribution in [0.4, 0.5) is 5.69 Å². The van der Waals surface area contributed by atoms with Crippen LogP contribution in [0.15, 0.2) is 48.5 Å². The van der Waals surface area contributed by atoms with Gasteiger partial charge in [0.25, 0.3) is 5.91 Å². The monoisotopic (exact) mass is 298 g/mol. The molecule has 0 saturated heterocycles. The summed E-state index contributed by atoms with van der Waals surface area (Å²) in [6, 6.07) is 14.3. The van der Waals surface area contributed by atoms with E-state index in [0.717, 1.165) is 5.56 Å². The molecule has 0 fully saturated rings. The van der Waals surface area contributed by atoms with E-state index in [0.29, 0.717) is 17.0 Å². The van der Waals surface area contributed by atoms with E-state index >= 15 is 0 Å². The van der Waals surface area contributed by atoms with E-state index in [-0.39, 0.29) is 18.4 Å². The number of aryl methyl sites for hydroxylation is 1. The van der Waals surface area contributed by atoms with Crippen molar-refractivity contribution in [1.29, 1.82) is 0 Å². The topological polar surface area (TPSA) is 67.4 Å². The molecular formula is C17H18N2O3. The second-order valence-electron chi connectivity index (χ2n) is 4.75. The molecule has 0 heterocycles. The number of benzene rings is 2. The number of carbonyl (C=O) groups is 2. The summed E-state index contributed by atoms with van der Waals surface area (Å²) in [5, 5.41) is 5.31. The van der Waals surface area contributed by atoms with Gasteiger partial charge < -0.3 is 15.4 Å². The van der Waals surface area contributed by atoms with Crippen molar-refractivity contribution in [3.63, 3.8) is 0 Å². The zero-order chi connectivity index (χ0) is 15.9. The van der Waals surface area contributed by atoms with Crippen molar-refractivity contribution in [3.8, 4) is 5.75 Å². The molecule has 2 N–H and O–H groups in total. The van der Waals surface area contributed by atoms with Crippen LogP contribution in [0.2, 0.25) is 0 Å². The smallest absolute Gasteiger partial charge is 0.251 e. The maximum Gasteiger partial charge on any atom is 0.251 e. The van der Waals surface area contributed by atoms with Crippen molar-refractivity contribution in [2.45, 2.75) is 6.92 Å². The van der Waals surface area contributed by atoms with Crippen LogP contribution in [0.3, 0.4) is 0 Å². The number of carbonyl (C=O) groups excluding carboxylic acids is 2. The second-order valence-corrected chi connectivity index (χ2v) is 4.75. The highest BCUT2D eigenvalue weighted by atomic mass is 16.5. The molecule has 5 nitrogen and oxygen atoms in total. The average molecular weight is 298 g/mol. The first-order valence-corrected chi connectivity index (χ1v) is 6.88. The molecule has 2 aromatic rings. The van der Waals surface area contributed by atoms with Crippen LogP contribution in [0.25, 0.3) is 0 Å². The van der Waals surface area contributed by atoms with E-state index in [1.54, 1.807) is 30.3 Å². The molecule has 22 heavy (non-hydrogen) atoms. The van der Waals surface area contributed by atoms with Gasteiger partial charge in [-0.25, -0.2) is 0 Å². The third kappa shape index (κ3) is 3.85. The van der Waals surface area contributed by atoms with Gasteiger partial charge in [0, 0.05) is 5.56 Å². The minimum atomic E-state index is -0.313. The van der Waals surface area contributed by atoms with Crippen LogP contribution in [0.5, 0.6) is 5.75 Å². The Kier molecular flexibility index (Phi) is 5.14. The summed E-state index contributed by atoms with van der Waals surface area (Å²) in [5.41, 5.74) is 2.00. The van der Waals surface area contributed by atoms with Crippen molar-refractivity contribution >= 4 is 17.5 Å². The summed E-state index contributed by atoms with van der Waals surface area (Å²) in [6.45, 7) is 1.75. The molecule has 0 aliphatic rings. The van der Waals surface area contributed by atoms with E-state index in [2.05, 4.69) is 10.6 Å². The van der Waals surface area contributed by atoms with E-state index in [4.69, 9.17) is 4.74 Å². The minimum absolute atomic E-state index is 0.106. The molecular weight excluding hydrogens is 280 g/mol. The highest BCUT2D eigenvalue weighted by Gasteiger charge is 2.11. The van der Waals surface area contributed by atoms with Gasteiger partial charge in [0.15, 0.2) is 0 Å². The molecule has 0 aliphatic heterocycles. The van der Waals surface area contributed by atoms with Gasteiger partial charge in [-0.15, -0.1) is 0 Å². The van der Waals surface area contributed by atoms with Crippen molar-refractivity contribution < 1.29 is 14.3 Å². The number of hydrogen-bond acceptors (Lipinski definition) is 3. The van der Waals surface area contributed by atoms with Crippen LogP contribution >= 0.6 is 0 Å². The van der Waals surface area contributed by atoms with Gasteiger partial charge in [-0.2, -0.15) is 0 Å². The number of methoxy groups -OCH3 is 1. The second kappa shape index (κ2) is 7.26. The lowest BCUT2D eigenvalue weighted by Crippen LogP contribution is -2.33. The Morgan fingerprint density at radius 1 is 1.05 bits per heavy atom. The lowest BCUT2D eigenvalue weighted by molar-refractivity contribution is -0.115. The summed E-state index contributed by atoms with van der Waals surface area (Å²) < 4.78 is 5.15. The van der Waals surface area contributed by atoms with Crippen LogP contribution < -0.4 is 15.4 Å². The molecule has 5 heteroatoms. The Bertz CT molecular complexity index is 683. The Labute approximate surface area is 129 Å². The summed E-state index contributed by atoms with van der Waals surface area (Å²) in [6.07, 6.45) is 0. The number of amides is 2. The van der Waals surface area contributed by atoms with E-state index in [9.17, 15) is 9.59 Å². The van der Waals surface area contributed by atoms with Gasteiger partial charge >= 0.3 is 0 Å². The summed E-state index contributed by atoms with van der Waals surface area (Å²) in [7, 11) is 1.53. The van der Waals surface area contributed by atoms with Crippen LogP contribution in [-0.2, 0) is 4.79 Å². The lowest BCUT2D eigenvalue weighted by atomic mass is 10.1. The molecule has 0 saturated carbocycles. The summed E-state index contributed by atoms with van der Waals surface area (Å²) in [5.74, 6) is -0.0132. The molecule has 0 radical (unpaired) electrons. The quantitative estimate of drug-likeness (QED) is 0.890. The Morgan fingerprint density at radius 3 is 2.45 bits per heavy atom. The van der Waals surface area contributed by atoms with Crippen LogP contribution in [0, 0.1) is 6.92 Å². The molecule has 114 valence electrons. The van der Waals surface area contributed by atoms with Gasteiger partial charge in [0.05, 0.1) is 19.3 Å². The van der Waals surface area contributed by atoms with Gasteiger partial charge in [-0.3, -0.25) is 9.59 Å². The van der Waals surface area contributed by atoms with E-state index < -0.39 is 0 Å².